The molecule has 0 amide bonds. The summed E-state index contributed by atoms with van der Waals surface area (Å²) < 4.78 is 34.1. The second kappa shape index (κ2) is 57.6. The van der Waals surface area contributed by atoms with Gasteiger partial charge in [0.2, 0.25) is 0 Å². The molecule has 0 bridgehead atoms. The molecule has 0 aromatic carbocycles. The van der Waals surface area contributed by atoms with Gasteiger partial charge in [-0.1, -0.05) is 274 Å². The predicted octanol–water partition coefficient (Wildman–Crippen LogP) is 19.9. The lowest BCUT2D eigenvalue weighted by atomic mass is 10.0. The van der Waals surface area contributed by atoms with Crippen LogP contribution in [0.15, 0.2) is 48.6 Å². The number of allylic oxidation sites excluding steroid dienone is 8. The molecule has 0 aromatic rings. The number of rotatable bonds is 60. The lowest BCUT2D eigenvalue weighted by Gasteiger charge is -2.28. The molecule has 0 saturated heterocycles. The fourth-order valence-corrected chi connectivity index (χ4v) is 10.0. The Morgan fingerprint density at radius 3 is 1.11 bits per heavy atom. The number of phosphoric ester groups is 1. The summed E-state index contributed by atoms with van der Waals surface area (Å²) in [5, 5.41) is 0. The van der Waals surface area contributed by atoms with Gasteiger partial charge >= 0.3 is 11.9 Å². The van der Waals surface area contributed by atoms with Gasteiger partial charge in [-0.05, 0) is 70.6 Å². The van der Waals surface area contributed by atoms with Crippen LogP contribution in [0.2, 0.25) is 0 Å². The Labute approximate surface area is 471 Å². The second-order valence-corrected chi connectivity index (χ2v) is 24.5. The second-order valence-electron chi connectivity index (χ2n) is 23.1. The van der Waals surface area contributed by atoms with Gasteiger partial charge in [-0.15, -0.1) is 0 Å². The number of likely N-dealkylation sites (N-methyl/N-ethyl adjacent to an activating group) is 1. The highest BCUT2D eigenvalue weighted by Gasteiger charge is 2.22. The SMILES string of the molecule is CCCC/C=C\CCCCCCCC(=O)OCC(COP(=O)([O-])OCC[N+](C)(C)C)OC(=O)CCCCCCCCCCCCCCCCCCCCCCCCCCCC/C=C\C/C=C\C/C=C\CCCCCCC. The van der Waals surface area contributed by atoms with Gasteiger partial charge in [0.25, 0.3) is 7.82 Å². The van der Waals surface area contributed by atoms with Crippen LogP contribution < -0.4 is 4.89 Å². The molecule has 0 spiro atoms. The van der Waals surface area contributed by atoms with Crippen molar-refractivity contribution in [1.82, 2.24) is 0 Å². The highest BCUT2D eigenvalue weighted by molar-refractivity contribution is 7.45. The molecule has 2 atom stereocenters. The van der Waals surface area contributed by atoms with Gasteiger partial charge in [0.1, 0.15) is 19.8 Å². The predicted molar refractivity (Wildman–Crippen MR) is 324 cm³/mol. The van der Waals surface area contributed by atoms with Gasteiger partial charge in [0, 0.05) is 12.8 Å². The van der Waals surface area contributed by atoms with Crippen molar-refractivity contribution in [3.8, 4) is 0 Å². The standard InChI is InChI=1S/C66H124NO8P/c1-6-8-10-12-14-16-18-19-20-21-22-23-24-25-26-27-28-29-30-31-32-33-34-35-36-37-38-39-40-41-42-43-44-45-46-47-49-51-53-55-57-59-66(69)75-64(63-74-76(70,71)73-61-60-67(3,4)5)62-72-65(68)58-56-54-52-50-48-17-15-13-11-9-7-2/h13,15,18-19,21-22,24-25,64H,6-12,14,16-17,20,23,26-63H2,1-5H3/b15-13-,19-18-,22-21-,25-24-. The van der Waals surface area contributed by atoms with Gasteiger partial charge < -0.3 is 27.9 Å². The van der Waals surface area contributed by atoms with Crippen LogP contribution in [0.25, 0.3) is 0 Å². The molecule has 76 heavy (non-hydrogen) atoms. The molecule has 0 aliphatic carbocycles. The first-order valence-corrected chi connectivity index (χ1v) is 33.8. The molecule has 2 unspecified atom stereocenters. The molecular weight excluding hydrogens is 966 g/mol. The van der Waals surface area contributed by atoms with Crippen molar-refractivity contribution in [2.24, 2.45) is 0 Å². The van der Waals surface area contributed by atoms with E-state index in [1.807, 2.05) is 21.1 Å². The monoisotopic (exact) mass is 1090 g/mol. The number of unbranched alkanes of at least 4 members (excludes halogenated alkanes) is 38. The molecule has 0 radical (unpaired) electrons. The van der Waals surface area contributed by atoms with E-state index in [1.165, 1.54) is 205 Å². The number of esters is 2. The first kappa shape index (κ1) is 74.0. The number of quaternary nitrogens is 1. The Kier molecular flexibility index (Phi) is 56.1. The molecule has 0 heterocycles. The van der Waals surface area contributed by atoms with Crippen LogP contribution in [0, 0.1) is 0 Å². The number of hydrogen-bond donors (Lipinski definition) is 0. The summed E-state index contributed by atoms with van der Waals surface area (Å²) in [6, 6.07) is 0. The number of nitrogens with zero attached hydrogens (tertiary/aromatic N) is 1. The third-order valence-corrected chi connectivity index (χ3v) is 15.3. The largest absolute Gasteiger partial charge is 0.756 e. The van der Waals surface area contributed by atoms with Crippen LogP contribution in [-0.4, -0.2) is 70.0 Å². The van der Waals surface area contributed by atoms with E-state index in [4.69, 9.17) is 18.5 Å². The Morgan fingerprint density at radius 1 is 0.408 bits per heavy atom. The number of hydrogen-bond acceptors (Lipinski definition) is 8. The lowest BCUT2D eigenvalue weighted by molar-refractivity contribution is -0.870. The number of carbonyl (C=O) groups is 2. The first-order chi connectivity index (χ1) is 37.0. The minimum atomic E-state index is -4.63. The molecule has 0 saturated carbocycles. The molecule has 0 fully saturated rings. The fraction of sp³-hybridized carbons (Fsp3) is 0.848. The highest BCUT2D eigenvalue weighted by Crippen LogP contribution is 2.38. The highest BCUT2D eigenvalue weighted by atomic mass is 31.2. The summed E-state index contributed by atoms with van der Waals surface area (Å²) >= 11 is 0. The first-order valence-electron chi connectivity index (χ1n) is 32.3. The summed E-state index contributed by atoms with van der Waals surface area (Å²) in [5.41, 5.74) is 0. The number of carbonyl (C=O) groups excluding carboxylic acids is 2. The maximum atomic E-state index is 12.8. The van der Waals surface area contributed by atoms with Crippen molar-refractivity contribution < 1.29 is 42.1 Å². The van der Waals surface area contributed by atoms with Gasteiger partial charge in [0.15, 0.2) is 6.10 Å². The van der Waals surface area contributed by atoms with Crippen molar-refractivity contribution in [1.29, 1.82) is 0 Å². The molecule has 9 nitrogen and oxygen atoms in total. The molecular formula is C66H124NO8P. The Morgan fingerprint density at radius 2 is 0.724 bits per heavy atom. The van der Waals surface area contributed by atoms with Crippen LogP contribution in [0.3, 0.4) is 0 Å². The third-order valence-electron chi connectivity index (χ3n) is 14.3. The van der Waals surface area contributed by atoms with Crippen molar-refractivity contribution >= 4 is 19.8 Å². The topological polar surface area (TPSA) is 111 Å². The van der Waals surface area contributed by atoms with Gasteiger partial charge in [-0.3, -0.25) is 14.2 Å². The van der Waals surface area contributed by atoms with Crippen molar-refractivity contribution in [3.05, 3.63) is 48.6 Å². The Bertz CT molecular complexity index is 1420. The van der Waals surface area contributed by atoms with Crippen LogP contribution in [0.1, 0.15) is 309 Å². The van der Waals surface area contributed by atoms with Gasteiger partial charge in [-0.25, -0.2) is 0 Å². The molecule has 0 aromatic heterocycles. The minimum Gasteiger partial charge on any atom is -0.756 e. The van der Waals surface area contributed by atoms with Gasteiger partial charge in [-0.2, -0.15) is 0 Å². The fourth-order valence-electron chi connectivity index (χ4n) is 9.29. The zero-order chi connectivity index (χ0) is 55.6. The Hall–Kier alpha value is -2.03. The number of ether oxygens (including phenoxy) is 2. The van der Waals surface area contributed by atoms with E-state index in [0.29, 0.717) is 17.4 Å². The zero-order valence-electron chi connectivity index (χ0n) is 50.7. The number of phosphoric acid groups is 1. The summed E-state index contributed by atoms with van der Waals surface area (Å²) in [7, 11) is 1.17. The zero-order valence-corrected chi connectivity index (χ0v) is 51.6. The van der Waals surface area contributed by atoms with Crippen LogP contribution >= 0.6 is 7.82 Å². The van der Waals surface area contributed by atoms with Crippen molar-refractivity contribution in [2.45, 2.75) is 315 Å². The van der Waals surface area contributed by atoms with Crippen molar-refractivity contribution in [3.63, 3.8) is 0 Å². The van der Waals surface area contributed by atoms with Crippen LogP contribution in [-0.2, 0) is 32.7 Å². The van der Waals surface area contributed by atoms with E-state index >= 15 is 0 Å². The smallest absolute Gasteiger partial charge is 0.306 e. The summed E-state index contributed by atoms with van der Waals surface area (Å²) in [6.45, 7) is 4.20. The quantitative estimate of drug-likeness (QED) is 0.0195. The van der Waals surface area contributed by atoms with E-state index < -0.39 is 26.5 Å². The maximum absolute atomic E-state index is 12.8. The maximum Gasteiger partial charge on any atom is 0.306 e. The average Bonchev–Trinajstić information content (AvgIpc) is 3.38. The summed E-state index contributed by atoms with van der Waals surface area (Å²) in [4.78, 5) is 37.7. The summed E-state index contributed by atoms with van der Waals surface area (Å²) in [6.07, 6.45) is 73.6. The average molecular weight is 1090 g/mol. The molecule has 0 aliphatic heterocycles. The molecule has 10 heteroatoms. The van der Waals surface area contributed by atoms with Crippen LogP contribution in [0.5, 0.6) is 0 Å². The van der Waals surface area contributed by atoms with E-state index in [0.717, 1.165) is 70.6 Å². The Balaban J connectivity index is 3.82. The molecule has 0 aliphatic rings. The molecule has 0 N–H and O–H groups in total. The van der Waals surface area contributed by atoms with E-state index in [9.17, 15) is 19.0 Å². The van der Waals surface area contributed by atoms with Crippen molar-refractivity contribution in [2.75, 3.05) is 47.5 Å². The third kappa shape index (κ3) is 61.2. The molecule has 446 valence electrons. The van der Waals surface area contributed by atoms with E-state index in [1.54, 1.807) is 0 Å². The van der Waals surface area contributed by atoms with Crippen LogP contribution in [0.4, 0.5) is 0 Å². The normalized spacial score (nSPS) is 13.5. The summed E-state index contributed by atoms with van der Waals surface area (Å²) in [5.74, 6) is -0.834. The lowest BCUT2D eigenvalue weighted by Crippen LogP contribution is -2.37. The van der Waals surface area contributed by atoms with Gasteiger partial charge in [0.05, 0.1) is 27.7 Å². The van der Waals surface area contributed by atoms with E-state index in [-0.39, 0.29) is 32.0 Å². The van der Waals surface area contributed by atoms with E-state index in [2.05, 4.69) is 62.5 Å². The minimum absolute atomic E-state index is 0.0304. The molecule has 0 rings (SSSR count).